The predicted octanol–water partition coefficient (Wildman–Crippen LogP) is 0.448. The first-order chi connectivity index (χ1) is 16.4. The molecule has 12 atom stereocenters. The molecule has 0 radical (unpaired) electrons. The number of aliphatic hydroxyl groups excluding tert-OH is 5. The highest BCUT2D eigenvalue weighted by atomic mass is 16.7. The Morgan fingerprint density at radius 3 is 2.51 bits per heavy atom. The van der Waals surface area contributed by atoms with Crippen molar-refractivity contribution in [3.8, 4) is 0 Å². The number of carbonyl (C=O) groups excluding carboxylic acids is 2. The summed E-state index contributed by atoms with van der Waals surface area (Å²) in [5, 5.41) is 51.3. The number of ether oxygens (including phenoxy) is 2. The predicted molar refractivity (Wildman–Crippen MR) is 121 cm³/mol. The molecule has 4 saturated carbocycles. The van der Waals surface area contributed by atoms with Crippen LogP contribution >= 0.6 is 0 Å². The summed E-state index contributed by atoms with van der Waals surface area (Å²) in [4.78, 5) is 27.1. The summed E-state index contributed by atoms with van der Waals surface area (Å²) in [6.45, 7) is 7.37. The lowest BCUT2D eigenvalue weighted by molar-refractivity contribution is -0.298. The molecular weight excluding hydrogens is 456 g/mol. The van der Waals surface area contributed by atoms with Gasteiger partial charge in [-0.1, -0.05) is 19.9 Å². The van der Waals surface area contributed by atoms with Gasteiger partial charge >= 0.3 is 5.97 Å². The molecule has 35 heavy (non-hydrogen) atoms. The van der Waals surface area contributed by atoms with Crippen molar-refractivity contribution in [1.82, 2.24) is 0 Å². The van der Waals surface area contributed by atoms with E-state index in [-0.39, 0.29) is 23.5 Å². The number of esters is 1. The molecule has 1 saturated heterocycles. The smallest absolute Gasteiger partial charge is 0.314 e. The minimum atomic E-state index is -1.66. The summed E-state index contributed by atoms with van der Waals surface area (Å²) in [6.07, 6.45) is -3.67. The number of ketones is 1. The van der Waals surface area contributed by atoms with Crippen LogP contribution in [0, 0.1) is 34.0 Å². The van der Waals surface area contributed by atoms with Gasteiger partial charge in [-0.2, -0.15) is 0 Å². The molecule has 196 valence electrons. The maximum atomic E-state index is 13.7. The molecular formula is C26H38O9. The number of hydrogen-bond donors (Lipinski definition) is 5. The van der Waals surface area contributed by atoms with Crippen molar-refractivity contribution in [2.45, 2.75) is 95.6 Å². The largest absolute Gasteiger partial charge is 0.432 e. The Kier molecular flexibility index (Phi) is 6.02. The standard InChI is InChI=1S/C26H38O9/c1-12-13-9-14(28)20-24(2)6-4-7-25(3,16(24)5-8-26(20,10-13)21(12)32)23(33)35-22-19(31)18(30)17(29)15(11-27)34-22/h13-20,22,27-31H,1,4-11H2,2-3H3/t13?,14?,15?,16-,17?,18?,19?,20+,22?,24+,25+,26+/m0/s1. The van der Waals surface area contributed by atoms with Crippen LogP contribution in [0.1, 0.15) is 58.8 Å². The molecule has 5 N–H and O–H groups in total. The molecule has 2 bridgehead atoms. The number of hydrogen-bond acceptors (Lipinski definition) is 9. The summed E-state index contributed by atoms with van der Waals surface area (Å²) in [5.74, 6) is -0.903. The Balaban J connectivity index is 1.43. The van der Waals surface area contributed by atoms with Crippen LogP contribution in [-0.4, -0.2) is 80.7 Å². The molecule has 4 aliphatic carbocycles. The van der Waals surface area contributed by atoms with Crippen molar-refractivity contribution in [2.24, 2.45) is 34.0 Å². The molecule has 9 heteroatoms. The fourth-order valence-corrected chi connectivity index (χ4v) is 8.88. The van der Waals surface area contributed by atoms with E-state index in [2.05, 4.69) is 13.5 Å². The fraction of sp³-hybridized carbons (Fsp3) is 0.846. The van der Waals surface area contributed by atoms with Crippen molar-refractivity contribution in [1.29, 1.82) is 0 Å². The van der Waals surface area contributed by atoms with Gasteiger partial charge in [0.05, 0.1) is 18.1 Å². The molecule has 5 fully saturated rings. The van der Waals surface area contributed by atoms with Crippen molar-refractivity contribution in [3.05, 3.63) is 12.2 Å². The zero-order valence-corrected chi connectivity index (χ0v) is 20.4. The molecule has 7 unspecified atom stereocenters. The summed E-state index contributed by atoms with van der Waals surface area (Å²) in [5.41, 5.74) is -1.41. The first kappa shape index (κ1) is 25.3. The Bertz CT molecular complexity index is 918. The van der Waals surface area contributed by atoms with Gasteiger partial charge in [0.1, 0.15) is 24.4 Å². The van der Waals surface area contributed by atoms with Gasteiger partial charge < -0.3 is 35.0 Å². The van der Waals surface area contributed by atoms with Crippen LogP contribution in [-0.2, 0) is 19.1 Å². The summed E-state index contributed by atoms with van der Waals surface area (Å²) in [6, 6.07) is 0. The molecule has 9 nitrogen and oxygen atoms in total. The number of allylic oxidation sites excluding steroid dienone is 1. The number of fused-ring (bicyclic) bond motifs is 3. The average Bonchev–Trinajstić information content (AvgIpc) is 2.99. The molecule has 1 aliphatic heterocycles. The highest BCUT2D eigenvalue weighted by Crippen LogP contribution is 2.71. The summed E-state index contributed by atoms with van der Waals surface area (Å²) in [7, 11) is 0. The van der Waals surface area contributed by atoms with Gasteiger partial charge in [0.15, 0.2) is 5.78 Å². The SMILES string of the molecule is C=C1C(=O)[C@@]23CC[C@H]4[C@@](C)(CCC[C@@]4(C)C(=O)OC4OC(CO)C(O)C(O)C4O)[C@H]2C(O)CC1C3. The maximum Gasteiger partial charge on any atom is 0.314 e. The van der Waals surface area contributed by atoms with E-state index in [9.17, 15) is 35.1 Å². The Morgan fingerprint density at radius 1 is 1.11 bits per heavy atom. The van der Waals surface area contributed by atoms with E-state index in [0.717, 1.165) is 12.8 Å². The fourth-order valence-electron chi connectivity index (χ4n) is 8.88. The van der Waals surface area contributed by atoms with Crippen molar-refractivity contribution in [3.63, 3.8) is 0 Å². The van der Waals surface area contributed by atoms with Gasteiger partial charge in [0, 0.05) is 11.3 Å². The van der Waals surface area contributed by atoms with Crippen LogP contribution in [0.15, 0.2) is 12.2 Å². The van der Waals surface area contributed by atoms with Crippen LogP contribution in [0.25, 0.3) is 0 Å². The molecule has 0 aromatic heterocycles. The maximum absolute atomic E-state index is 13.7. The third-order valence-electron chi connectivity index (χ3n) is 10.5. The monoisotopic (exact) mass is 494 g/mol. The van der Waals surface area contributed by atoms with E-state index in [1.807, 2.05) is 6.92 Å². The molecule has 1 spiro atoms. The second-order valence-corrected chi connectivity index (χ2v) is 12.2. The van der Waals surface area contributed by atoms with Crippen molar-refractivity contribution < 1.29 is 44.6 Å². The van der Waals surface area contributed by atoms with E-state index in [0.29, 0.717) is 37.7 Å². The molecule has 5 rings (SSSR count). The summed E-state index contributed by atoms with van der Waals surface area (Å²) < 4.78 is 11.0. The second-order valence-electron chi connectivity index (χ2n) is 12.2. The van der Waals surface area contributed by atoms with E-state index < -0.39 is 65.6 Å². The number of rotatable bonds is 3. The first-order valence-electron chi connectivity index (χ1n) is 12.8. The minimum absolute atomic E-state index is 0.0278. The Morgan fingerprint density at radius 2 is 1.83 bits per heavy atom. The van der Waals surface area contributed by atoms with E-state index in [4.69, 9.17) is 9.47 Å². The lowest BCUT2D eigenvalue weighted by atomic mass is 9.40. The van der Waals surface area contributed by atoms with Gasteiger partial charge in [-0.15, -0.1) is 0 Å². The van der Waals surface area contributed by atoms with Gasteiger partial charge in [0.25, 0.3) is 0 Å². The van der Waals surface area contributed by atoms with Gasteiger partial charge in [-0.3, -0.25) is 9.59 Å². The lowest BCUT2D eigenvalue weighted by Gasteiger charge is -2.63. The topological polar surface area (TPSA) is 154 Å². The third kappa shape index (κ3) is 3.35. The van der Waals surface area contributed by atoms with E-state index in [1.165, 1.54) is 0 Å². The van der Waals surface area contributed by atoms with Crippen LogP contribution < -0.4 is 0 Å². The lowest BCUT2D eigenvalue weighted by Crippen LogP contribution is -2.64. The second kappa shape index (κ2) is 8.33. The molecule has 0 amide bonds. The minimum Gasteiger partial charge on any atom is -0.432 e. The van der Waals surface area contributed by atoms with Gasteiger partial charge in [0.2, 0.25) is 6.29 Å². The molecule has 5 aliphatic rings. The highest BCUT2D eigenvalue weighted by molar-refractivity contribution is 6.03. The molecule has 1 heterocycles. The van der Waals surface area contributed by atoms with Crippen LogP contribution in [0.5, 0.6) is 0 Å². The van der Waals surface area contributed by atoms with Crippen molar-refractivity contribution >= 4 is 11.8 Å². The van der Waals surface area contributed by atoms with Crippen LogP contribution in [0.4, 0.5) is 0 Å². The van der Waals surface area contributed by atoms with Gasteiger partial charge in [-0.05, 0) is 68.3 Å². The first-order valence-corrected chi connectivity index (χ1v) is 12.8. The van der Waals surface area contributed by atoms with Gasteiger partial charge in [-0.25, -0.2) is 0 Å². The average molecular weight is 495 g/mol. The van der Waals surface area contributed by atoms with Crippen LogP contribution in [0.3, 0.4) is 0 Å². The normalized spacial score (nSPS) is 53.6. The Hall–Kier alpha value is -1.36. The quantitative estimate of drug-likeness (QED) is 0.278. The number of carbonyl (C=O) groups is 2. The zero-order chi connectivity index (χ0) is 25.5. The zero-order valence-electron chi connectivity index (χ0n) is 20.4. The molecule has 0 aromatic rings. The molecule has 0 aromatic carbocycles. The van der Waals surface area contributed by atoms with E-state index >= 15 is 0 Å². The summed E-state index contributed by atoms with van der Waals surface area (Å²) >= 11 is 0. The number of aliphatic hydroxyl groups is 5. The van der Waals surface area contributed by atoms with Crippen molar-refractivity contribution in [2.75, 3.05) is 6.61 Å². The third-order valence-corrected chi connectivity index (χ3v) is 10.5. The highest BCUT2D eigenvalue weighted by Gasteiger charge is 2.70. The van der Waals surface area contributed by atoms with Crippen LogP contribution in [0.2, 0.25) is 0 Å². The van der Waals surface area contributed by atoms with E-state index in [1.54, 1.807) is 0 Å². The number of Topliss-reactive ketones (excluding diaryl/α,β-unsaturated/α-hetero) is 1. The Labute approximate surface area is 205 Å².